The number of hydrogen-bond acceptors (Lipinski definition) is 6. The molecule has 1 aromatic rings. The van der Waals surface area contributed by atoms with Crippen LogP contribution < -0.4 is 10.2 Å². The number of piperidine rings is 1. The minimum Gasteiger partial charge on any atom is -0.481 e. The molecule has 1 aromatic heterocycles. The quantitative estimate of drug-likeness (QED) is 0.843. The maximum absolute atomic E-state index is 10.9. The number of nitrogens with one attached hydrogen (secondary N) is 1. The number of carboxylic acids is 1. The number of anilines is 2. The summed E-state index contributed by atoms with van der Waals surface area (Å²) in [6.45, 7) is 1.22. The van der Waals surface area contributed by atoms with Gasteiger partial charge in [-0.15, -0.1) is 0 Å². The zero-order valence-corrected chi connectivity index (χ0v) is 10.7. The monoisotopic (exact) mass is 271 g/mol. The molecule has 2 rings (SSSR count). The average Bonchev–Trinajstić information content (AvgIpc) is 2.38. The molecule has 0 atom stereocenters. The molecule has 0 bridgehead atoms. The topological polar surface area (TPSA) is 91.2 Å². The summed E-state index contributed by atoms with van der Waals surface area (Å²) in [4.78, 5) is 25.0. The van der Waals surface area contributed by atoms with E-state index in [9.17, 15) is 4.79 Å². The molecule has 1 fully saturated rings. The van der Waals surface area contributed by atoms with E-state index in [-0.39, 0.29) is 11.2 Å². The van der Waals surface area contributed by atoms with Gasteiger partial charge in [-0.3, -0.25) is 4.79 Å². The summed E-state index contributed by atoms with van der Waals surface area (Å²) >= 11 is 5.80. The highest BCUT2D eigenvalue weighted by Gasteiger charge is 2.26. The van der Waals surface area contributed by atoms with E-state index in [1.807, 2.05) is 4.90 Å². The van der Waals surface area contributed by atoms with Gasteiger partial charge >= 0.3 is 5.97 Å². The lowest BCUT2D eigenvalue weighted by Crippen LogP contribution is -2.37. The van der Waals surface area contributed by atoms with E-state index in [1.54, 1.807) is 7.05 Å². The Balaban J connectivity index is 2.09. The minimum absolute atomic E-state index is 0.129. The highest BCUT2D eigenvalue weighted by Crippen LogP contribution is 2.22. The first-order valence-electron chi connectivity index (χ1n) is 5.67. The Labute approximate surface area is 109 Å². The van der Waals surface area contributed by atoms with Crippen LogP contribution in [0.25, 0.3) is 0 Å². The van der Waals surface area contributed by atoms with E-state index >= 15 is 0 Å². The van der Waals surface area contributed by atoms with Crippen molar-refractivity contribution in [3.63, 3.8) is 0 Å². The third kappa shape index (κ3) is 2.79. The Morgan fingerprint density at radius 3 is 2.61 bits per heavy atom. The summed E-state index contributed by atoms with van der Waals surface area (Å²) in [5, 5.41) is 11.9. The highest BCUT2D eigenvalue weighted by atomic mass is 35.5. The van der Waals surface area contributed by atoms with Gasteiger partial charge in [0.1, 0.15) is 0 Å². The molecular weight excluding hydrogens is 258 g/mol. The molecule has 0 aromatic carbocycles. The first kappa shape index (κ1) is 12.8. The fourth-order valence-electron chi connectivity index (χ4n) is 1.92. The third-order valence-electron chi connectivity index (χ3n) is 2.95. The summed E-state index contributed by atoms with van der Waals surface area (Å²) in [6.07, 6.45) is 1.18. The van der Waals surface area contributed by atoms with Crippen LogP contribution in [0.2, 0.25) is 5.28 Å². The average molecular weight is 272 g/mol. The maximum atomic E-state index is 10.9. The maximum Gasteiger partial charge on any atom is 0.306 e. The Bertz CT molecular complexity index is 448. The molecule has 8 heteroatoms. The molecule has 98 valence electrons. The van der Waals surface area contributed by atoms with Crippen LogP contribution in [0.1, 0.15) is 12.8 Å². The fraction of sp³-hybridized carbons (Fsp3) is 0.600. The number of rotatable bonds is 3. The van der Waals surface area contributed by atoms with Gasteiger partial charge < -0.3 is 15.3 Å². The lowest BCUT2D eigenvalue weighted by atomic mass is 9.97. The van der Waals surface area contributed by atoms with Gasteiger partial charge in [-0.1, -0.05) is 0 Å². The van der Waals surface area contributed by atoms with Gasteiger partial charge in [0.05, 0.1) is 5.92 Å². The van der Waals surface area contributed by atoms with Crippen LogP contribution in [0.15, 0.2) is 0 Å². The predicted molar refractivity (Wildman–Crippen MR) is 67.0 cm³/mol. The van der Waals surface area contributed by atoms with Crippen LogP contribution in [0.4, 0.5) is 11.9 Å². The summed E-state index contributed by atoms with van der Waals surface area (Å²) in [7, 11) is 1.70. The Kier molecular flexibility index (Phi) is 3.81. The summed E-state index contributed by atoms with van der Waals surface area (Å²) in [6, 6.07) is 0. The van der Waals surface area contributed by atoms with Crippen LogP contribution in [0, 0.1) is 5.92 Å². The molecule has 0 spiro atoms. The van der Waals surface area contributed by atoms with E-state index in [1.165, 1.54) is 0 Å². The van der Waals surface area contributed by atoms with Crippen molar-refractivity contribution < 1.29 is 9.90 Å². The van der Waals surface area contributed by atoms with E-state index < -0.39 is 5.97 Å². The second-order valence-corrected chi connectivity index (χ2v) is 4.42. The zero-order valence-electron chi connectivity index (χ0n) is 9.93. The molecule has 0 aliphatic carbocycles. The normalized spacial score (nSPS) is 16.7. The van der Waals surface area contributed by atoms with Gasteiger partial charge in [0.2, 0.25) is 17.2 Å². The molecule has 0 unspecified atom stereocenters. The summed E-state index contributed by atoms with van der Waals surface area (Å²) in [5.74, 6) is -0.116. The standard InChI is InChI=1S/C10H14ClN5O2/c1-12-9-13-8(11)14-10(15-9)16-4-2-6(3-5-16)7(17)18/h6H,2-5H2,1H3,(H,17,18)(H,12,13,14,15). The van der Waals surface area contributed by atoms with Crippen molar-refractivity contribution in [3.8, 4) is 0 Å². The van der Waals surface area contributed by atoms with Crippen molar-refractivity contribution in [2.45, 2.75) is 12.8 Å². The van der Waals surface area contributed by atoms with Crippen LogP contribution in [-0.2, 0) is 4.79 Å². The van der Waals surface area contributed by atoms with Crippen LogP contribution >= 0.6 is 11.6 Å². The Morgan fingerprint density at radius 1 is 1.39 bits per heavy atom. The minimum atomic E-state index is -0.737. The predicted octanol–water partition coefficient (Wildman–Crippen LogP) is 0.868. The number of carboxylic acid groups (broad SMARTS) is 1. The van der Waals surface area contributed by atoms with Crippen molar-refractivity contribution in [1.82, 2.24) is 15.0 Å². The van der Waals surface area contributed by atoms with Gasteiger partial charge in [0, 0.05) is 20.1 Å². The summed E-state index contributed by atoms with van der Waals surface area (Å²) < 4.78 is 0. The molecule has 1 saturated heterocycles. The molecule has 18 heavy (non-hydrogen) atoms. The molecular formula is C10H14ClN5O2. The molecule has 1 aliphatic heterocycles. The van der Waals surface area contributed by atoms with E-state index in [0.717, 1.165) is 0 Å². The first-order valence-corrected chi connectivity index (χ1v) is 6.05. The second-order valence-electron chi connectivity index (χ2n) is 4.08. The highest BCUT2D eigenvalue weighted by molar-refractivity contribution is 6.28. The molecule has 2 N–H and O–H groups in total. The van der Waals surface area contributed by atoms with Gasteiger partial charge in [0.15, 0.2) is 0 Å². The number of aliphatic carboxylic acids is 1. The van der Waals surface area contributed by atoms with E-state index in [4.69, 9.17) is 16.7 Å². The number of nitrogens with zero attached hydrogens (tertiary/aromatic N) is 4. The Morgan fingerprint density at radius 2 is 2.06 bits per heavy atom. The van der Waals surface area contributed by atoms with Gasteiger partial charge in [-0.25, -0.2) is 0 Å². The lowest BCUT2D eigenvalue weighted by Gasteiger charge is -2.30. The van der Waals surface area contributed by atoms with Crippen molar-refractivity contribution in [2.75, 3.05) is 30.4 Å². The van der Waals surface area contributed by atoms with Gasteiger partial charge in [0.25, 0.3) is 0 Å². The van der Waals surface area contributed by atoms with Crippen molar-refractivity contribution in [3.05, 3.63) is 5.28 Å². The molecule has 0 radical (unpaired) electrons. The smallest absolute Gasteiger partial charge is 0.306 e. The van der Waals surface area contributed by atoms with Gasteiger partial charge in [-0.05, 0) is 24.4 Å². The number of halogens is 1. The van der Waals surface area contributed by atoms with Crippen LogP contribution in [0.3, 0.4) is 0 Å². The Hall–Kier alpha value is -1.63. The van der Waals surface area contributed by atoms with Crippen LogP contribution in [-0.4, -0.2) is 46.2 Å². The SMILES string of the molecule is CNc1nc(Cl)nc(N2CCC(C(=O)O)CC2)n1. The van der Waals surface area contributed by atoms with Crippen LogP contribution in [0.5, 0.6) is 0 Å². The van der Waals surface area contributed by atoms with Gasteiger partial charge in [-0.2, -0.15) is 15.0 Å². The van der Waals surface area contributed by atoms with Crippen molar-refractivity contribution in [2.24, 2.45) is 5.92 Å². The number of aromatic nitrogens is 3. The van der Waals surface area contributed by atoms with E-state index in [2.05, 4.69) is 20.3 Å². The van der Waals surface area contributed by atoms with Crippen molar-refractivity contribution >= 4 is 29.5 Å². The summed E-state index contributed by atoms with van der Waals surface area (Å²) in [5.41, 5.74) is 0. The van der Waals surface area contributed by atoms with Crippen molar-refractivity contribution in [1.29, 1.82) is 0 Å². The third-order valence-corrected chi connectivity index (χ3v) is 3.12. The first-order chi connectivity index (χ1) is 8.60. The molecule has 0 amide bonds. The lowest BCUT2D eigenvalue weighted by molar-refractivity contribution is -0.142. The largest absolute Gasteiger partial charge is 0.481 e. The zero-order chi connectivity index (χ0) is 13.1. The number of hydrogen-bond donors (Lipinski definition) is 2. The molecule has 7 nitrogen and oxygen atoms in total. The molecule has 2 heterocycles. The molecule has 0 saturated carbocycles. The van der Waals surface area contributed by atoms with E-state index in [0.29, 0.717) is 37.8 Å². The number of carbonyl (C=O) groups is 1. The second kappa shape index (κ2) is 5.34. The molecule has 1 aliphatic rings. The fourth-order valence-corrected chi connectivity index (χ4v) is 2.07.